The van der Waals surface area contributed by atoms with E-state index in [0.717, 1.165) is 31.0 Å². The third-order valence-corrected chi connectivity index (χ3v) is 2.63. The van der Waals surface area contributed by atoms with E-state index < -0.39 is 0 Å². The Balaban J connectivity index is 0.00000180. The molecule has 0 radical (unpaired) electrons. The smallest absolute Gasteiger partial charge is 0.0762 e. The SMILES string of the molecule is CC(C)Cn1ccc(CNCc2ccn(C)n2)n1.Cl. The Morgan fingerprint density at radius 3 is 2.32 bits per heavy atom. The van der Waals surface area contributed by atoms with Crippen LogP contribution in [0, 0.1) is 5.92 Å². The lowest BCUT2D eigenvalue weighted by molar-refractivity contribution is 0.477. The highest BCUT2D eigenvalue weighted by Gasteiger charge is 2.01. The molecule has 0 amide bonds. The van der Waals surface area contributed by atoms with E-state index in [1.165, 1.54) is 0 Å². The van der Waals surface area contributed by atoms with Crippen molar-refractivity contribution in [1.82, 2.24) is 24.9 Å². The molecule has 106 valence electrons. The van der Waals surface area contributed by atoms with Crippen LogP contribution in [-0.2, 0) is 26.7 Å². The summed E-state index contributed by atoms with van der Waals surface area (Å²) in [6, 6.07) is 4.08. The van der Waals surface area contributed by atoms with Gasteiger partial charge in [-0.25, -0.2) is 0 Å². The molecule has 0 aliphatic carbocycles. The summed E-state index contributed by atoms with van der Waals surface area (Å²) in [7, 11) is 1.93. The molecule has 0 atom stereocenters. The van der Waals surface area contributed by atoms with Crippen molar-refractivity contribution in [2.45, 2.75) is 33.5 Å². The molecule has 0 aromatic carbocycles. The lowest BCUT2D eigenvalue weighted by Crippen LogP contribution is -2.14. The van der Waals surface area contributed by atoms with Crippen molar-refractivity contribution in [3.05, 3.63) is 35.9 Å². The number of aromatic nitrogens is 4. The number of rotatable bonds is 6. The Morgan fingerprint density at radius 1 is 1.11 bits per heavy atom. The second-order valence-electron chi connectivity index (χ2n) is 5.01. The number of hydrogen-bond donors (Lipinski definition) is 1. The molecule has 0 spiro atoms. The van der Waals surface area contributed by atoms with Gasteiger partial charge in [-0.05, 0) is 18.1 Å². The standard InChI is InChI=1S/C13H21N5.ClH/c1-11(2)10-18-7-5-13(16-18)9-14-8-12-4-6-17(3)15-12;/h4-7,11,14H,8-10H2,1-3H3;1H. The van der Waals surface area contributed by atoms with E-state index >= 15 is 0 Å². The summed E-state index contributed by atoms with van der Waals surface area (Å²) >= 11 is 0. The summed E-state index contributed by atoms with van der Waals surface area (Å²) in [5, 5.41) is 12.2. The average molecular weight is 284 g/mol. The van der Waals surface area contributed by atoms with E-state index in [-0.39, 0.29) is 12.4 Å². The molecule has 0 fully saturated rings. The minimum absolute atomic E-state index is 0. The highest BCUT2D eigenvalue weighted by Crippen LogP contribution is 2.01. The molecule has 2 heterocycles. The van der Waals surface area contributed by atoms with Crippen LogP contribution in [-0.4, -0.2) is 19.6 Å². The lowest BCUT2D eigenvalue weighted by atomic mass is 10.2. The van der Waals surface area contributed by atoms with Crippen molar-refractivity contribution in [3.63, 3.8) is 0 Å². The zero-order valence-electron chi connectivity index (χ0n) is 11.7. The van der Waals surface area contributed by atoms with Crippen molar-refractivity contribution in [2.24, 2.45) is 13.0 Å². The summed E-state index contributed by atoms with van der Waals surface area (Å²) in [4.78, 5) is 0. The number of aryl methyl sites for hydroxylation is 1. The van der Waals surface area contributed by atoms with Crippen molar-refractivity contribution in [2.75, 3.05) is 0 Å². The predicted molar refractivity (Wildman–Crippen MR) is 78.1 cm³/mol. The maximum absolute atomic E-state index is 4.52. The van der Waals surface area contributed by atoms with E-state index in [0.29, 0.717) is 5.92 Å². The fourth-order valence-electron chi connectivity index (χ4n) is 1.85. The van der Waals surface area contributed by atoms with Crippen LogP contribution >= 0.6 is 12.4 Å². The van der Waals surface area contributed by atoms with E-state index in [1.54, 1.807) is 0 Å². The molecule has 2 rings (SSSR count). The average Bonchev–Trinajstić information content (AvgIpc) is 2.88. The summed E-state index contributed by atoms with van der Waals surface area (Å²) in [5.41, 5.74) is 2.13. The van der Waals surface area contributed by atoms with Gasteiger partial charge in [0.2, 0.25) is 0 Å². The Kier molecular flexibility index (Phi) is 6.05. The van der Waals surface area contributed by atoms with Crippen LogP contribution in [0.2, 0.25) is 0 Å². The zero-order chi connectivity index (χ0) is 13.0. The highest BCUT2D eigenvalue weighted by molar-refractivity contribution is 5.85. The maximum atomic E-state index is 4.52. The van der Waals surface area contributed by atoms with Gasteiger partial charge in [-0.2, -0.15) is 10.2 Å². The summed E-state index contributed by atoms with van der Waals surface area (Å²) in [6.07, 6.45) is 3.99. The van der Waals surface area contributed by atoms with Crippen LogP contribution in [0.3, 0.4) is 0 Å². The molecular formula is C13H22ClN5. The Bertz CT molecular complexity index is 489. The van der Waals surface area contributed by atoms with Crippen LogP contribution in [0.25, 0.3) is 0 Å². The van der Waals surface area contributed by atoms with Gasteiger partial charge >= 0.3 is 0 Å². The summed E-state index contributed by atoms with van der Waals surface area (Å²) in [5.74, 6) is 0.624. The van der Waals surface area contributed by atoms with Gasteiger partial charge in [0.1, 0.15) is 0 Å². The number of hydrogen-bond acceptors (Lipinski definition) is 3. The maximum Gasteiger partial charge on any atom is 0.0762 e. The van der Waals surface area contributed by atoms with Crippen molar-refractivity contribution in [1.29, 1.82) is 0 Å². The van der Waals surface area contributed by atoms with Gasteiger partial charge in [0, 0.05) is 39.1 Å². The van der Waals surface area contributed by atoms with Gasteiger partial charge in [-0.15, -0.1) is 12.4 Å². The Morgan fingerprint density at radius 2 is 1.74 bits per heavy atom. The van der Waals surface area contributed by atoms with Gasteiger partial charge < -0.3 is 5.32 Å². The second kappa shape index (κ2) is 7.31. The molecule has 19 heavy (non-hydrogen) atoms. The van der Waals surface area contributed by atoms with Crippen LogP contribution in [0.15, 0.2) is 24.5 Å². The molecule has 0 saturated heterocycles. The lowest BCUT2D eigenvalue weighted by Gasteiger charge is -2.04. The first-order valence-electron chi connectivity index (χ1n) is 6.35. The molecule has 0 aliphatic heterocycles. The first-order valence-corrected chi connectivity index (χ1v) is 6.35. The second-order valence-corrected chi connectivity index (χ2v) is 5.01. The van der Waals surface area contributed by atoms with Crippen molar-refractivity contribution >= 4 is 12.4 Å². The van der Waals surface area contributed by atoms with Gasteiger partial charge in [-0.3, -0.25) is 9.36 Å². The monoisotopic (exact) mass is 283 g/mol. The number of nitrogens with one attached hydrogen (secondary N) is 1. The minimum Gasteiger partial charge on any atom is -0.305 e. The zero-order valence-corrected chi connectivity index (χ0v) is 12.5. The predicted octanol–water partition coefficient (Wildman–Crippen LogP) is 1.98. The molecule has 2 aromatic rings. The van der Waals surface area contributed by atoms with E-state index in [4.69, 9.17) is 0 Å². The molecule has 5 nitrogen and oxygen atoms in total. The van der Waals surface area contributed by atoms with E-state index in [9.17, 15) is 0 Å². The van der Waals surface area contributed by atoms with Gasteiger partial charge in [0.05, 0.1) is 11.4 Å². The van der Waals surface area contributed by atoms with Crippen molar-refractivity contribution < 1.29 is 0 Å². The van der Waals surface area contributed by atoms with Crippen molar-refractivity contribution in [3.8, 4) is 0 Å². The molecule has 0 saturated carbocycles. The van der Waals surface area contributed by atoms with Gasteiger partial charge in [-0.1, -0.05) is 13.8 Å². The minimum atomic E-state index is 0. The van der Waals surface area contributed by atoms with Gasteiger partial charge in [0.25, 0.3) is 0 Å². The quantitative estimate of drug-likeness (QED) is 0.882. The number of nitrogens with zero attached hydrogens (tertiary/aromatic N) is 4. The molecule has 0 unspecified atom stereocenters. The first-order chi connectivity index (χ1) is 8.63. The summed E-state index contributed by atoms with van der Waals surface area (Å²) in [6.45, 7) is 6.92. The fourth-order valence-corrected chi connectivity index (χ4v) is 1.85. The molecular weight excluding hydrogens is 262 g/mol. The van der Waals surface area contributed by atoms with E-state index in [2.05, 4.69) is 35.4 Å². The molecule has 0 aliphatic rings. The molecule has 0 bridgehead atoms. The van der Waals surface area contributed by atoms with Gasteiger partial charge in [0.15, 0.2) is 0 Å². The van der Waals surface area contributed by atoms with E-state index in [1.807, 2.05) is 34.9 Å². The molecule has 1 N–H and O–H groups in total. The third-order valence-electron chi connectivity index (χ3n) is 2.63. The topological polar surface area (TPSA) is 47.7 Å². The first kappa shape index (κ1) is 15.7. The highest BCUT2D eigenvalue weighted by atomic mass is 35.5. The molecule has 2 aromatic heterocycles. The van der Waals surface area contributed by atoms with Crippen LogP contribution in [0.4, 0.5) is 0 Å². The normalized spacial score (nSPS) is 10.7. The molecule has 6 heteroatoms. The Hall–Kier alpha value is -1.33. The van der Waals surface area contributed by atoms with Crippen LogP contribution in [0.5, 0.6) is 0 Å². The van der Waals surface area contributed by atoms with Crippen LogP contribution in [0.1, 0.15) is 25.2 Å². The summed E-state index contributed by atoms with van der Waals surface area (Å²) < 4.78 is 3.82. The van der Waals surface area contributed by atoms with Crippen LogP contribution < -0.4 is 5.32 Å². The third kappa shape index (κ3) is 5.04. The Labute approximate surface area is 120 Å². The number of halogens is 1. The largest absolute Gasteiger partial charge is 0.305 e. The fraction of sp³-hybridized carbons (Fsp3) is 0.538.